The van der Waals surface area contributed by atoms with Gasteiger partial charge in [-0.25, -0.2) is 8.78 Å². The molecule has 0 aromatic heterocycles. The zero-order valence-corrected chi connectivity index (χ0v) is 11.7. The molecule has 1 saturated heterocycles. The Kier molecular flexibility index (Phi) is 4.70. The van der Waals surface area contributed by atoms with Crippen molar-refractivity contribution < 1.29 is 13.6 Å². The number of piperidine rings is 1. The summed E-state index contributed by atoms with van der Waals surface area (Å²) >= 11 is 0. The van der Waals surface area contributed by atoms with E-state index in [0.717, 1.165) is 25.3 Å². The third-order valence-electron chi connectivity index (χ3n) is 3.87. The SMILES string of the molecule is Cc1cc(C(=O)N2CCCCC2CCN)c(F)cc1F. The highest BCUT2D eigenvalue weighted by Gasteiger charge is 2.28. The molecule has 2 rings (SSSR count). The zero-order valence-electron chi connectivity index (χ0n) is 11.7. The normalized spacial score (nSPS) is 19.2. The molecule has 1 aromatic carbocycles. The molecule has 1 amide bonds. The summed E-state index contributed by atoms with van der Waals surface area (Å²) in [6, 6.07) is 2.14. The van der Waals surface area contributed by atoms with Gasteiger partial charge >= 0.3 is 0 Å². The van der Waals surface area contributed by atoms with Crippen LogP contribution in [0, 0.1) is 18.6 Å². The van der Waals surface area contributed by atoms with Crippen LogP contribution >= 0.6 is 0 Å². The number of carbonyl (C=O) groups is 1. The topological polar surface area (TPSA) is 46.3 Å². The molecule has 0 spiro atoms. The molecule has 5 heteroatoms. The Morgan fingerprint density at radius 1 is 1.35 bits per heavy atom. The van der Waals surface area contributed by atoms with Crippen molar-refractivity contribution in [3.05, 3.63) is 34.9 Å². The number of rotatable bonds is 3. The van der Waals surface area contributed by atoms with Crippen LogP contribution in [0.5, 0.6) is 0 Å². The van der Waals surface area contributed by atoms with Crippen molar-refractivity contribution >= 4 is 5.91 Å². The molecule has 1 aromatic rings. The van der Waals surface area contributed by atoms with Gasteiger partial charge in [0.05, 0.1) is 5.56 Å². The van der Waals surface area contributed by atoms with Gasteiger partial charge in [0.1, 0.15) is 11.6 Å². The minimum absolute atomic E-state index is 0.0483. The fourth-order valence-electron chi connectivity index (χ4n) is 2.74. The van der Waals surface area contributed by atoms with E-state index in [1.165, 1.54) is 13.0 Å². The highest BCUT2D eigenvalue weighted by atomic mass is 19.1. The highest BCUT2D eigenvalue weighted by Crippen LogP contribution is 2.23. The Labute approximate surface area is 117 Å². The molecule has 1 unspecified atom stereocenters. The second-order valence-corrected chi connectivity index (χ2v) is 5.31. The number of nitrogens with two attached hydrogens (primary N) is 1. The first kappa shape index (κ1) is 14.9. The predicted molar refractivity (Wildman–Crippen MR) is 73.4 cm³/mol. The Morgan fingerprint density at radius 3 is 2.80 bits per heavy atom. The average Bonchev–Trinajstić information content (AvgIpc) is 2.43. The molecule has 2 N–H and O–H groups in total. The molecule has 1 aliphatic heterocycles. The number of nitrogens with zero attached hydrogens (tertiary/aromatic N) is 1. The van der Waals surface area contributed by atoms with E-state index in [0.29, 0.717) is 19.5 Å². The summed E-state index contributed by atoms with van der Waals surface area (Å²) in [5, 5.41) is 0. The quantitative estimate of drug-likeness (QED) is 0.926. The standard InChI is InChI=1S/C15H20F2N2O/c1-10-8-12(14(17)9-13(10)16)15(20)19-7-3-2-4-11(19)5-6-18/h8-9,11H,2-7,18H2,1H3. The van der Waals surface area contributed by atoms with Gasteiger partial charge in [-0.1, -0.05) is 0 Å². The molecule has 1 heterocycles. The number of amides is 1. The van der Waals surface area contributed by atoms with Crippen LogP contribution in [0.3, 0.4) is 0 Å². The van der Waals surface area contributed by atoms with Crippen molar-refractivity contribution in [3.63, 3.8) is 0 Å². The summed E-state index contributed by atoms with van der Waals surface area (Å²) < 4.78 is 27.1. The van der Waals surface area contributed by atoms with E-state index in [4.69, 9.17) is 5.73 Å². The van der Waals surface area contributed by atoms with Gasteiger partial charge in [-0.05, 0) is 50.8 Å². The molecule has 0 radical (unpaired) electrons. The molecule has 20 heavy (non-hydrogen) atoms. The van der Waals surface area contributed by atoms with Crippen molar-refractivity contribution in [1.82, 2.24) is 4.90 Å². The smallest absolute Gasteiger partial charge is 0.257 e. The Balaban J connectivity index is 2.27. The van der Waals surface area contributed by atoms with Crippen LogP contribution in [0.1, 0.15) is 41.6 Å². The van der Waals surface area contributed by atoms with E-state index in [1.54, 1.807) is 4.90 Å². The van der Waals surface area contributed by atoms with E-state index in [1.807, 2.05) is 0 Å². The lowest BCUT2D eigenvalue weighted by molar-refractivity contribution is 0.0600. The summed E-state index contributed by atoms with van der Waals surface area (Å²) in [7, 11) is 0. The second kappa shape index (κ2) is 6.31. The number of hydrogen-bond donors (Lipinski definition) is 1. The van der Waals surface area contributed by atoms with Gasteiger partial charge in [-0.3, -0.25) is 4.79 Å². The number of carbonyl (C=O) groups excluding carboxylic acids is 1. The van der Waals surface area contributed by atoms with E-state index in [9.17, 15) is 13.6 Å². The third-order valence-corrected chi connectivity index (χ3v) is 3.87. The van der Waals surface area contributed by atoms with Crippen LogP contribution in [0.15, 0.2) is 12.1 Å². The van der Waals surface area contributed by atoms with Crippen LogP contribution in [0.25, 0.3) is 0 Å². The minimum atomic E-state index is -0.796. The molecular formula is C15H20F2N2O. The fourth-order valence-corrected chi connectivity index (χ4v) is 2.74. The molecule has 3 nitrogen and oxygen atoms in total. The lowest BCUT2D eigenvalue weighted by atomic mass is 9.97. The maximum absolute atomic E-state index is 13.8. The van der Waals surface area contributed by atoms with Crippen LogP contribution in [0.2, 0.25) is 0 Å². The highest BCUT2D eigenvalue weighted by molar-refractivity contribution is 5.95. The van der Waals surface area contributed by atoms with Gasteiger partial charge in [-0.2, -0.15) is 0 Å². The Hall–Kier alpha value is -1.49. The first-order valence-corrected chi connectivity index (χ1v) is 7.01. The molecule has 1 atom stereocenters. The monoisotopic (exact) mass is 282 g/mol. The van der Waals surface area contributed by atoms with Crippen LogP contribution in [-0.4, -0.2) is 29.9 Å². The number of halogens is 2. The van der Waals surface area contributed by atoms with Gasteiger partial charge in [0.15, 0.2) is 0 Å². The summed E-state index contributed by atoms with van der Waals surface area (Å²) in [6.45, 7) is 2.64. The van der Waals surface area contributed by atoms with Crippen LogP contribution in [-0.2, 0) is 0 Å². The largest absolute Gasteiger partial charge is 0.336 e. The van der Waals surface area contributed by atoms with E-state index in [-0.39, 0.29) is 23.1 Å². The first-order valence-electron chi connectivity index (χ1n) is 7.01. The first-order chi connectivity index (χ1) is 9.54. The summed E-state index contributed by atoms with van der Waals surface area (Å²) in [4.78, 5) is 14.2. The lowest BCUT2D eigenvalue weighted by Crippen LogP contribution is -2.45. The van der Waals surface area contributed by atoms with Crippen LogP contribution in [0.4, 0.5) is 8.78 Å². The van der Waals surface area contributed by atoms with Crippen molar-refractivity contribution in [2.24, 2.45) is 5.73 Å². The maximum Gasteiger partial charge on any atom is 0.257 e. The predicted octanol–water partition coefficient (Wildman–Crippen LogP) is 2.62. The average molecular weight is 282 g/mol. The van der Waals surface area contributed by atoms with Crippen molar-refractivity contribution in [3.8, 4) is 0 Å². The molecule has 1 fully saturated rings. The number of benzene rings is 1. The minimum Gasteiger partial charge on any atom is -0.336 e. The molecular weight excluding hydrogens is 262 g/mol. The number of likely N-dealkylation sites (tertiary alicyclic amines) is 1. The molecule has 110 valence electrons. The van der Waals surface area contributed by atoms with Gasteiger partial charge in [0.2, 0.25) is 0 Å². The number of aryl methyl sites for hydroxylation is 1. The maximum atomic E-state index is 13.8. The van der Waals surface area contributed by atoms with Gasteiger partial charge in [-0.15, -0.1) is 0 Å². The summed E-state index contributed by atoms with van der Waals surface area (Å²) in [5.74, 6) is -1.78. The van der Waals surface area contributed by atoms with E-state index in [2.05, 4.69) is 0 Å². The zero-order chi connectivity index (χ0) is 14.7. The Morgan fingerprint density at radius 2 is 2.10 bits per heavy atom. The van der Waals surface area contributed by atoms with Crippen molar-refractivity contribution in [1.29, 1.82) is 0 Å². The molecule has 1 aliphatic rings. The molecule has 0 aliphatic carbocycles. The molecule has 0 bridgehead atoms. The summed E-state index contributed by atoms with van der Waals surface area (Å²) in [6.07, 6.45) is 3.58. The van der Waals surface area contributed by atoms with Crippen LogP contribution < -0.4 is 5.73 Å². The second-order valence-electron chi connectivity index (χ2n) is 5.31. The number of hydrogen-bond acceptors (Lipinski definition) is 2. The third kappa shape index (κ3) is 2.98. The van der Waals surface area contributed by atoms with E-state index < -0.39 is 11.6 Å². The van der Waals surface area contributed by atoms with Gasteiger partial charge in [0.25, 0.3) is 5.91 Å². The van der Waals surface area contributed by atoms with Gasteiger partial charge < -0.3 is 10.6 Å². The lowest BCUT2D eigenvalue weighted by Gasteiger charge is -2.36. The fraction of sp³-hybridized carbons (Fsp3) is 0.533. The van der Waals surface area contributed by atoms with Crippen molar-refractivity contribution in [2.75, 3.05) is 13.1 Å². The van der Waals surface area contributed by atoms with E-state index >= 15 is 0 Å². The Bertz CT molecular complexity index is 503. The summed E-state index contributed by atoms with van der Waals surface area (Å²) in [5.41, 5.74) is 5.80. The van der Waals surface area contributed by atoms with Gasteiger partial charge in [0, 0.05) is 18.7 Å². The molecule has 0 saturated carbocycles. The van der Waals surface area contributed by atoms with Crippen molar-refractivity contribution in [2.45, 2.75) is 38.6 Å².